The van der Waals surface area contributed by atoms with Crippen molar-refractivity contribution in [2.75, 3.05) is 31.3 Å². The van der Waals surface area contributed by atoms with E-state index in [4.69, 9.17) is 9.47 Å². The molecule has 0 spiro atoms. The molecule has 1 amide bonds. The lowest BCUT2D eigenvalue weighted by Gasteiger charge is -2.26. The molecule has 9 heteroatoms. The number of halogens is 1. The second-order valence-corrected chi connectivity index (χ2v) is 8.78. The highest BCUT2D eigenvalue weighted by Crippen LogP contribution is 2.18. The average Bonchev–Trinajstić information content (AvgIpc) is 2.92. The first-order chi connectivity index (χ1) is 11.8. The van der Waals surface area contributed by atoms with E-state index in [2.05, 4.69) is 15.9 Å². The molecule has 1 saturated heterocycles. The van der Waals surface area contributed by atoms with Crippen LogP contribution in [0.5, 0.6) is 5.75 Å². The first-order valence-electron chi connectivity index (χ1n) is 7.84. The van der Waals surface area contributed by atoms with E-state index in [9.17, 15) is 18.0 Å². The third kappa shape index (κ3) is 6.00. The minimum Gasteiger partial charge on any atom is -0.482 e. The monoisotopic (exact) mass is 433 g/mol. The first kappa shape index (κ1) is 19.7. The summed E-state index contributed by atoms with van der Waals surface area (Å²) in [6, 6.07) is 6.60. The molecule has 25 heavy (non-hydrogen) atoms. The third-order valence-corrected chi connectivity index (χ3v) is 6.12. The van der Waals surface area contributed by atoms with Gasteiger partial charge in [-0.05, 0) is 37.6 Å². The Bertz CT molecular complexity index is 719. The lowest BCUT2D eigenvalue weighted by Crippen LogP contribution is -2.43. The number of carbonyl (C=O) groups excluding carboxylic acids is 2. The van der Waals surface area contributed by atoms with Crippen LogP contribution in [-0.2, 0) is 24.2 Å². The fourth-order valence-electron chi connectivity index (χ4n) is 2.60. The number of esters is 1. The Morgan fingerprint density at radius 3 is 2.48 bits per heavy atom. The maximum atomic E-state index is 12.2. The van der Waals surface area contributed by atoms with Crippen LogP contribution in [0.3, 0.4) is 0 Å². The zero-order chi connectivity index (χ0) is 18.4. The Morgan fingerprint density at radius 2 is 1.92 bits per heavy atom. The largest absolute Gasteiger partial charge is 0.482 e. The predicted molar refractivity (Wildman–Crippen MR) is 95.0 cm³/mol. The van der Waals surface area contributed by atoms with Crippen LogP contribution >= 0.6 is 15.9 Å². The number of benzene rings is 1. The third-order valence-electron chi connectivity index (χ3n) is 3.84. The number of hydrogen-bond acceptors (Lipinski definition) is 6. The quantitative estimate of drug-likeness (QED) is 0.603. The van der Waals surface area contributed by atoms with Crippen LogP contribution in [0.2, 0.25) is 0 Å². The summed E-state index contributed by atoms with van der Waals surface area (Å²) in [6.45, 7) is 1.40. The molecule has 0 radical (unpaired) electrons. The lowest BCUT2D eigenvalue weighted by atomic mass is 10.2. The molecule has 1 aromatic carbocycles. The molecule has 1 aromatic rings. The standard InChI is InChI=1S/C16H20BrNO6S/c1-2-18(13-7-8-25(21,22)11-13)15(19)9-24-16(20)10-23-14-5-3-12(17)4-6-14/h3-6,13H,2,7-11H2,1H3/t13-/m1/s1. The second kappa shape index (κ2) is 8.66. The average molecular weight is 434 g/mol. The van der Waals surface area contributed by atoms with Crippen molar-refractivity contribution < 1.29 is 27.5 Å². The highest BCUT2D eigenvalue weighted by atomic mass is 79.9. The lowest BCUT2D eigenvalue weighted by molar-refractivity contribution is -0.154. The van der Waals surface area contributed by atoms with E-state index < -0.39 is 28.3 Å². The number of rotatable bonds is 7. The topological polar surface area (TPSA) is 90.0 Å². The Hall–Kier alpha value is -1.61. The van der Waals surface area contributed by atoms with Gasteiger partial charge in [0, 0.05) is 17.1 Å². The molecule has 0 bridgehead atoms. The van der Waals surface area contributed by atoms with Gasteiger partial charge < -0.3 is 14.4 Å². The molecule has 0 aliphatic carbocycles. The molecule has 1 atom stereocenters. The Kier molecular flexibility index (Phi) is 6.83. The van der Waals surface area contributed by atoms with Crippen molar-refractivity contribution in [3.8, 4) is 5.75 Å². The fraction of sp³-hybridized carbons (Fsp3) is 0.500. The number of amides is 1. The molecule has 1 fully saturated rings. The van der Waals surface area contributed by atoms with Crippen molar-refractivity contribution in [1.82, 2.24) is 4.90 Å². The van der Waals surface area contributed by atoms with Crippen molar-refractivity contribution in [3.63, 3.8) is 0 Å². The molecule has 0 N–H and O–H groups in total. The number of nitrogens with zero attached hydrogens (tertiary/aromatic N) is 1. The summed E-state index contributed by atoms with van der Waals surface area (Å²) in [5.74, 6) is -0.499. The smallest absolute Gasteiger partial charge is 0.344 e. The molecule has 1 heterocycles. The molecule has 0 aromatic heterocycles. The van der Waals surface area contributed by atoms with E-state index in [1.807, 2.05) is 0 Å². The van der Waals surface area contributed by atoms with Crippen LogP contribution in [0.15, 0.2) is 28.7 Å². The predicted octanol–water partition coefficient (Wildman–Crippen LogP) is 1.41. The highest BCUT2D eigenvalue weighted by Gasteiger charge is 2.34. The van der Waals surface area contributed by atoms with Crippen LogP contribution in [0.4, 0.5) is 0 Å². The minimum atomic E-state index is -3.08. The van der Waals surface area contributed by atoms with Gasteiger partial charge in [0.25, 0.3) is 5.91 Å². The minimum absolute atomic E-state index is 0.0345. The van der Waals surface area contributed by atoms with E-state index in [0.29, 0.717) is 18.7 Å². The number of hydrogen-bond donors (Lipinski definition) is 0. The van der Waals surface area contributed by atoms with E-state index in [1.165, 1.54) is 4.90 Å². The van der Waals surface area contributed by atoms with Crippen LogP contribution < -0.4 is 4.74 Å². The molecule has 1 aliphatic heterocycles. The molecule has 138 valence electrons. The van der Waals surface area contributed by atoms with Crippen molar-refractivity contribution in [2.24, 2.45) is 0 Å². The summed E-state index contributed by atoms with van der Waals surface area (Å²) in [7, 11) is -3.08. The van der Waals surface area contributed by atoms with Gasteiger partial charge in [-0.15, -0.1) is 0 Å². The van der Waals surface area contributed by atoms with E-state index in [0.717, 1.165) is 4.47 Å². The molecule has 2 rings (SSSR count). The van der Waals surface area contributed by atoms with Crippen molar-refractivity contribution in [3.05, 3.63) is 28.7 Å². The summed E-state index contributed by atoms with van der Waals surface area (Å²) in [5.41, 5.74) is 0. The van der Waals surface area contributed by atoms with Crippen molar-refractivity contribution >= 4 is 37.6 Å². The highest BCUT2D eigenvalue weighted by molar-refractivity contribution is 9.10. The van der Waals surface area contributed by atoms with E-state index in [-0.39, 0.29) is 24.2 Å². The normalized spacial score (nSPS) is 18.6. The van der Waals surface area contributed by atoms with E-state index in [1.54, 1.807) is 31.2 Å². The van der Waals surface area contributed by atoms with E-state index >= 15 is 0 Å². The second-order valence-electron chi connectivity index (χ2n) is 5.64. The van der Waals surface area contributed by atoms with Gasteiger partial charge in [-0.3, -0.25) is 4.79 Å². The van der Waals surface area contributed by atoms with Gasteiger partial charge in [0.2, 0.25) is 0 Å². The zero-order valence-electron chi connectivity index (χ0n) is 13.8. The maximum absolute atomic E-state index is 12.2. The van der Waals surface area contributed by atoms with Gasteiger partial charge in [0.15, 0.2) is 23.1 Å². The maximum Gasteiger partial charge on any atom is 0.344 e. The Labute approximate surface area is 155 Å². The zero-order valence-corrected chi connectivity index (χ0v) is 16.2. The number of likely N-dealkylation sites (N-methyl/N-ethyl adjacent to an activating group) is 1. The summed E-state index contributed by atoms with van der Waals surface area (Å²) in [6.07, 6.45) is 0.419. The van der Waals surface area contributed by atoms with Crippen LogP contribution in [0, 0.1) is 0 Å². The van der Waals surface area contributed by atoms with Crippen LogP contribution in [0.1, 0.15) is 13.3 Å². The molecule has 1 aliphatic rings. The number of ether oxygens (including phenoxy) is 2. The molecular weight excluding hydrogens is 414 g/mol. The molecule has 0 saturated carbocycles. The molecule has 0 unspecified atom stereocenters. The molecular formula is C16H20BrNO6S. The summed E-state index contributed by atoms with van der Waals surface area (Å²) < 4.78 is 34.2. The first-order valence-corrected chi connectivity index (χ1v) is 10.5. The number of sulfone groups is 1. The Balaban J connectivity index is 1.77. The van der Waals surface area contributed by atoms with Gasteiger partial charge in [0.1, 0.15) is 5.75 Å². The van der Waals surface area contributed by atoms with Crippen molar-refractivity contribution in [2.45, 2.75) is 19.4 Å². The van der Waals surface area contributed by atoms with Gasteiger partial charge in [0.05, 0.1) is 11.5 Å². The number of carbonyl (C=O) groups is 2. The van der Waals surface area contributed by atoms with Crippen LogP contribution in [-0.4, -0.2) is 62.5 Å². The fourth-order valence-corrected chi connectivity index (χ4v) is 4.59. The summed E-state index contributed by atoms with van der Waals surface area (Å²) in [4.78, 5) is 25.3. The van der Waals surface area contributed by atoms with Crippen LogP contribution in [0.25, 0.3) is 0 Å². The van der Waals surface area contributed by atoms with Gasteiger partial charge in [-0.2, -0.15) is 0 Å². The molecule has 7 nitrogen and oxygen atoms in total. The van der Waals surface area contributed by atoms with Gasteiger partial charge >= 0.3 is 5.97 Å². The summed E-state index contributed by atoms with van der Waals surface area (Å²) in [5, 5.41) is 0. The SMILES string of the molecule is CCN(C(=O)COC(=O)COc1ccc(Br)cc1)[C@@H]1CCS(=O)(=O)C1. The van der Waals surface area contributed by atoms with Crippen molar-refractivity contribution in [1.29, 1.82) is 0 Å². The van der Waals surface area contributed by atoms with Gasteiger partial charge in [-0.1, -0.05) is 15.9 Å². The van der Waals surface area contributed by atoms with Gasteiger partial charge in [-0.25, -0.2) is 13.2 Å². The summed E-state index contributed by atoms with van der Waals surface area (Å²) >= 11 is 3.29. The Morgan fingerprint density at radius 1 is 1.24 bits per heavy atom.